The van der Waals surface area contributed by atoms with Crippen LogP contribution in [0, 0.1) is 6.92 Å². The van der Waals surface area contributed by atoms with E-state index in [0.717, 1.165) is 15.6 Å². The van der Waals surface area contributed by atoms with Gasteiger partial charge >= 0.3 is 5.97 Å². The zero-order valence-electron chi connectivity index (χ0n) is 9.24. The average molecular weight is 235 g/mol. The van der Waals surface area contributed by atoms with Crippen LogP contribution in [0.3, 0.4) is 0 Å². The van der Waals surface area contributed by atoms with Crippen molar-refractivity contribution in [3.8, 4) is 0 Å². The second kappa shape index (κ2) is 4.14. The molecule has 3 nitrogen and oxygen atoms in total. The minimum absolute atomic E-state index is 0.250. The molecule has 84 valence electrons. The molecule has 0 bridgehead atoms. The van der Waals surface area contributed by atoms with E-state index in [9.17, 15) is 4.79 Å². The molecular weight excluding hydrogens is 222 g/mol. The fourth-order valence-electron chi connectivity index (χ4n) is 1.63. The highest BCUT2D eigenvalue weighted by Crippen LogP contribution is 2.32. The number of nitrogen functional groups attached to an aromatic ring is 1. The van der Waals surface area contributed by atoms with Crippen molar-refractivity contribution >= 4 is 33.1 Å². The number of rotatable bonds is 2. The van der Waals surface area contributed by atoms with E-state index in [-0.39, 0.29) is 5.97 Å². The minimum Gasteiger partial charge on any atom is -0.462 e. The van der Waals surface area contributed by atoms with E-state index in [2.05, 4.69) is 0 Å². The third kappa shape index (κ3) is 1.76. The molecule has 0 aliphatic carbocycles. The minimum atomic E-state index is -0.250. The standard InChI is InChI=1S/C12H13NO2S/c1-3-15-12(14)11-7(2)9-6-8(13)4-5-10(9)16-11/h4-6H,3,13H2,1-2H3. The van der Waals surface area contributed by atoms with Gasteiger partial charge in [0.25, 0.3) is 0 Å². The predicted molar refractivity (Wildman–Crippen MR) is 66.9 cm³/mol. The molecule has 16 heavy (non-hydrogen) atoms. The Kier molecular flexibility index (Phi) is 2.83. The number of esters is 1. The van der Waals surface area contributed by atoms with E-state index >= 15 is 0 Å². The van der Waals surface area contributed by atoms with Gasteiger partial charge < -0.3 is 10.5 Å². The number of benzene rings is 1. The number of anilines is 1. The molecule has 0 radical (unpaired) electrons. The van der Waals surface area contributed by atoms with Crippen molar-refractivity contribution < 1.29 is 9.53 Å². The average Bonchev–Trinajstić information content (AvgIpc) is 2.57. The number of hydrogen-bond acceptors (Lipinski definition) is 4. The lowest BCUT2D eigenvalue weighted by molar-refractivity contribution is 0.0531. The van der Waals surface area contributed by atoms with Gasteiger partial charge in [-0.15, -0.1) is 11.3 Å². The highest BCUT2D eigenvalue weighted by atomic mass is 32.1. The lowest BCUT2D eigenvalue weighted by atomic mass is 10.1. The molecule has 4 heteroatoms. The first-order valence-electron chi connectivity index (χ1n) is 5.09. The van der Waals surface area contributed by atoms with E-state index < -0.39 is 0 Å². The summed E-state index contributed by atoms with van der Waals surface area (Å²) in [6, 6.07) is 5.67. The van der Waals surface area contributed by atoms with Gasteiger partial charge in [-0.05, 0) is 43.0 Å². The van der Waals surface area contributed by atoms with E-state index in [4.69, 9.17) is 10.5 Å². The van der Waals surface area contributed by atoms with Crippen LogP contribution in [0.25, 0.3) is 10.1 Å². The molecule has 1 heterocycles. The summed E-state index contributed by atoms with van der Waals surface area (Å²) in [5.74, 6) is -0.250. The summed E-state index contributed by atoms with van der Waals surface area (Å²) in [6.45, 7) is 4.12. The summed E-state index contributed by atoms with van der Waals surface area (Å²) < 4.78 is 6.07. The number of ether oxygens (including phenoxy) is 1. The number of carbonyl (C=O) groups is 1. The first-order chi connectivity index (χ1) is 7.63. The summed E-state index contributed by atoms with van der Waals surface area (Å²) in [5.41, 5.74) is 7.39. The van der Waals surface area contributed by atoms with Crippen molar-refractivity contribution in [2.24, 2.45) is 0 Å². The second-order valence-corrected chi connectivity index (χ2v) is 4.58. The molecular formula is C12H13NO2S. The van der Waals surface area contributed by atoms with Crippen LogP contribution in [0.15, 0.2) is 18.2 Å². The van der Waals surface area contributed by atoms with Crippen molar-refractivity contribution in [3.63, 3.8) is 0 Å². The Hall–Kier alpha value is -1.55. The van der Waals surface area contributed by atoms with Crippen LogP contribution in [0.1, 0.15) is 22.2 Å². The van der Waals surface area contributed by atoms with Crippen LogP contribution in [-0.4, -0.2) is 12.6 Å². The molecule has 1 aromatic heterocycles. The van der Waals surface area contributed by atoms with Gasteiger partial charge in [0.15, 0.2) is 0 Å². The van der Waals surface area contributed by atoms with E-state index in [0.29, 0.717) is 17.2 Å². The normalized spacial score (nSPS) is 10.6. The highest BCUT2D eigenvalue weighted by molar-refractivity contribution is 7.21. The van der Waals surface area contributed by atoms with Crippen LogP contribution in [0.5, 0.6) is 0 Å². The molecule has 0 unspecified atom stereocenters. The second-order valence-electron chi connectivity index (χ2n) is 3.53. The Bertz CT molecular complexity index is 545. The Morgan fingerprint density at radius 3 is 2.94 bits per heavy atom. The molecule has 2 rings (SSSR count). The van der Waals surface area contributed by atoms with Gasteiger partial charge in [0.05, 0.1) is 6.61 Å². The Morgan fingerprint density at radius 1 is 1.50 bits per heavy atom. The van der Waals surface area contributed by atoms with Gasteiger partial charge in [0.1, 0.15) is 4.88 Å². The fourth-order valence-corrected chi connectivity index (χ4v) is 2.71. The van der Waals surface area contributed by atoms with E-state index in [1.54, 1.807) is 6.92 Å². The lowest BCUT2D eigenvalue weighted by Gasteiger charge is -1.99. The molecule has 0 amide bonds. The van der Waals surface area contributed by atoms with Gasteiger partial charge in [-0.2, -0.15) is 0 Å². The molecule has 0 aliphatic heterocycles. The molecule has 2 N–H and O–H groups in total. The highest BCUT2D eigenvalue weighted by Gasteiger charge is 2.16. The predicted octanol–water partition coefficient (Wildman–Crippen LogP) is 2.97. The third-order valence-electron chi connectivity index (χ3n) is 2.42. The van der Waals surface area contributed by atoms with Crippen LogP contribution in [0.2, 0.25) is 0 Å². The topological polar surface area (TPSA) is 52.3 Å². The van der Waals surface area contributed by atoms with Gasteiger partial charge in [-0.1, -0.05) is 0 Å². The SMILES string of the molecule is CCOC(=O)c1sc2ccc(N)cc2c1C. The zero-order chi connectivity index (χ0) is 11.7. The van der Waals surface area contributed by atoms with Crippen LogP contribution in [0.4, 0.5) is 5.69 Å². The Morgan fingerprint density at radius 2 is 2.25 bits per heavy atom. The first-order valence-corrected chi connectivity index (χ1v) is 5.91. The van der Waals surface area contributed by atoms with Crippen molar-refractivity contribution in [1.29, 1.82) is 0 Å². The molecule has 0 spiro atoms. The molecule has 2 aromatic rings. The summed E-state index contributed by atoms with van der Waals surface area (Å²) >= 11 is 1.45. The van der Waals surface area contributed by atoms with Crippen molar-refractivity contribution in [2.45, 2.75) is 13.8 Å². The lowest BCUT2D eigenvalue weighted by Crippen LogP contribution is -2.03. The first kappa shape index (κ1) is 11.0. The van der Waals surface area contributed by atoms with Crippen molar-refractivity contribution in [2.75, 3.05) is 12.3 Å². The number of aryl methyl sites for hydroxylation is 1. The molecule has 0 saturated heterocycles. The number of fused-ring (bicyclic) bond motifs is 1. The van der Waals surface area contributed by atoms with Crippen LogP contribution in [-0.2, 0) is 4.74 Å². The van der Waals surface area contributed by atoms with E-state index in [1.165, 1.54) is 11.3 Å². The molecule has 0 saturated carbocycles. The summed E-state index contributed by atoms with van der Waals surface area (Å²) in [6.07, 6.45) is 0. The maximum absolute atomic E-state index is 11.7. The summed E-state index contributed by atoms with van der Waals surface area (Å²) in [7, 11) is 0. The van der Waals surface area contributed by atoms with Crippen molar-refractivity contribution in [3.05, 3.63) is 28.6 Å². The van der Waals surface area contributed by atoms with Crippen LogP contribution < -0.4 is 5.73 Å². The number of carbonyl (C=O) groups excluding carboxylic acids is 1. The van der Waals surface area contributed by atoms with Gasteiger partial charge in [-0.25, -0.2) is 4.79 Å². The van der Waals surface area contributed by atoms with Crippen LogP contribution >= 0.6 is 11.3 Å². The third-order valence-corrected chi connectivity index (χ3v) is 3.67. The summed E-state index contributed by atoms with van der Waals surface area (Å²) in [5, 5.41) is 1.04. The molecule has 0 atom stereocenters. The quantitative estimate of drug-likeness (QED) is 0.643. The van der Waals surface area contributed by atoms with Gasteiger partial charge in [0, 0.05) is 10.4 Å². The molecule has 1 aromatic carbocycles. The Balaban J connectivity index is 2.56. The largest absolute Gasteiger partial charge is 0.462 e. The summed E-state index contributed by atoms with van der Waals surface area (Å²) in [4.78, 5) is 12.3. The monoisotopic (exact) mass is 235 g/mol. The fraction of sp³-hybridized carbons (Fsp3) is 0.250. The number of hydrogen-bond donors (Lipinski definition) is 1. The van der Waals surface area contributed by atoms with Gasteiger partial charge in [0.2, 0.25) is 0 Å². The van der Waals surface area contributed by atoms with Gasteiger partial charge in [-0.3, -0.25) is 0 Å². The maximum Gasteiger partial charge on any atom is 0.348 e. The smallest absolute Gasteiger partial charge is 0.348 e. The van der Waals surface area contributed by atoms with E-state index in [1.807, 2.05) is 25.1 Å². The maximum atomic E-state index is 11.7. The number of thiophene rings is 1. The number of nitrogens with two attached hydrogens (primary N) is 1. The molecule has 0 aliphatic rings. The molecule has 0 fully saturated rings. The Labute approximate surface area is 97.8 Å². The zero-order valence-corrected chi connectivity index (χ0v) is 10.1. The van der Waals surface area contributed by atoms with Crippen molar-refractivity contribution in [1.82, 2.24) is 0 Å².